The van der Waals surface area contributed by atoms with Gasteiger partial charge in [0.2, 0.25) is 0 Å². The quantitative estimate of drug-likeness (QED) is 0.709. The van der Waals surface area contributed by atoms with E-state index in [0.29, 0.717) is 0 Å². The number of methoxy groups -OCH3 is 1. The predicted octanol–water partition coefficient (Wildman–Crippen LogP) is 0.849. The van der Waals surface area contributed by atoms with Crippen molar-refractivity contribution in [2.75, 3.05) is 33.4 Å². The van der Waals surface area contributed by atoms with E-state index in [2.05, 4.69) is 10.2 Å². The number of nitrogens with one attached hydrogen (secondary N) is 1. The number of rotatable bonds is 5. The van der Waals surface area contributed by atoms with Gasteiger partial charge in [0.25, 0.3) is 0 Å². The van der Waals surface area contributed by atoms with Gasteiger partial charge < -0.3 is 15.0 Å². The average Bonchev–Trinajstić information content (AvgIpc) is 3.01. The molecule has 1 heterocycles. The lowest BCUT2D eigenvalue weighted by Gasteiger charge is -2.32. The highest BCUT2D eigenvalue weighted by Crippen LogP contribution is 2.22. The second-order valence-corrected chi connectivity index (χ2v) is 4.55. The first kappa shape index (κ1) is 10.4. The van der Waals surface area contributed by atoms with E-state index in [1.54, 1.807) is 7.11 Å². The van der Waals surface area contributed by atoms with Gasteiger partial charge in [0.15, 0.2) is 0 Å². The summed E-state index contributed by atoms with van der Waals surface area (Å²) in [7, 11) is 1.78. The lowest BCUT2D eigenvalue weighted by atomic mass is 10.1. The Balaban J connectivity index is 1.59. The molecule has 82 valence electrons. The van der Waals surface area contributed by atoms with Crippen LogP contribution in [0.3, 0.4) is 0 Å². The largest absolute Gasteiger partial charge is 0.383 e. The number of ether oxygens (including phenoxy) is 1. The van der Waals surface area contributed by atoms with Crippen molar-refractivity contribution in [3.05, 3.63) is 0 Å². The van der Waals surface area contributed by atoms with Gasteiger partial charge in [-0.05, 0) is 38.8 Å². The molecule has 0 amide bonds. The summed E-state index contributed by atoms with van der Waals surface area (Å²) < 4.78 is 5.09. The van der Waals surface area contributed by atoms with Gasteiger partial charge in [0, 0.05) is 25.7 Å². The maximum atomic E-state index is 5.09. The van der Waals surface area contributed by atoms with E-state index in [9.17, 15) is 0 Å². The standard InChI is InChI=1S/C11H22N2O/c1-14-9-8-13-6-4-11(5-7-13)12-10-2-3-10/h10-12H,2-9H2,1H3. The first-order valence-electron chi connectivity index (χ1n) is 5.86. The van der Waals surface area contributed by atoms with Crippen LogP contribution in [-0.2, 0) is 4.74 Å². The summed E-state index contributed by atoms with van der Waals surface area (Å²) in [6, 6.07) is 1.66. The molecule has 1 aliphatic heterocycles. The van der Waals surface area contributed by atoms with Crippen LogP contribution in [0.2, 0.25) is 0 Å². The van der Waals surface area contributed by atoms with Crippen LogP contribution in [0.5, 0.6) is 0 Å². The SMILES string of the molecule is COCCN1CCC(NC2CC2)CC1. The molecule has 3 nitrogen and oxygen atoms in total. The van der Waals surface area contributed by atoms with Crippen LogP contribution in [-0.4, -0.2) is 50.3 Å². The van der Waals surface area contributed by atoms with Crippen molar-refractivity contribution in [2.45, 2.75) is 37.8 Å². The van der Waals surface area contributed by atoms with E-state index < -0.39 is 0 Å². The number of likely N-dealkylation sites (tertiary alicyclic amines) is 1. The highest BCUT2D eigenvalue weighted by molar-refractivity contribution is 4.87. The van der Waals surface area contributed by atoms with Crippen molar-refractivity contribution in [1.82, 2.24) is 10.2 Å². The Labute approximate surface area is 86.8 Å². The Kier molecular flexibility index (Phi) is 3.79. The molecule has 3 heteroatoms. The fourth-order valence-electron chi connectivity index (χ4n) is 2.13. The molecule has 0 unspecified atom stereocenters. The average molecular weight is 198 g/mol. The highest BCUT2D eigenvalue weighted by Gasteiger charge is 2.26. The Hall–Kier alpha value is -0.120. The van der Waals surface area contributed by atoms with Crippen molar-refractivity contribution in [3.63, 3.8) is 0 Å². The minimum absolute atomic E-state index is 0.793. The smallest absolute Gasteiger partial charge is 0.0589 e. The van der Waals surface area contributed by atoms with Gasteiger partial charge in [0.05, 0.1) is 6.61 Å². The summed E-state index contributed by atoms with van der Waals surface area (Å²) in [6.45, 7) is 4.47. The summed E-state index contributed by atoms with van der Waals surface area (Å²) in [4.78, 5) is 2.51. The molecule has 0 bridgehead atoms. The number of hydrogen-bond acceptors (Lipinski definition) is 3. The van der Waals surface area contributed by atoms with Crippen molar-refractivity contribution >= 4 is 0 Å². The van der Waals surface area contributed by atoms with Crippen molar-refractivity contribution in [1.29, 1.82) is 0 Å². The van der Waals surface area contributed by atoms with Gasteiger partial charge in [-0.1, -0.05) is 0 Å². The number of nitrogens with zero attached hydrogens (tertiary/aromatic N) is 1. The van der Waals surface area contributed by atoms with Crippen LogP contribution in [0.4, 0.5) is 0 Å². The maximum Gasteiger partial charge on any atom is 0.0589 e. The second kappa shape index (κ2) is 5.10. The number of hydrogen-bond donors (Lipinski definition) is 1. The van der Waals surface area contributed by atoms with Crippen LogP contribution >= 0.6 is 0 Å². The first-order valence-corrected chi connectivity index (χ1v) is 5.86. The van der Waals surface area contributed by atoms with Gasteiger partial charge >= 0.3 is 0 Å². The third-order valence-corrected chi connectivity index (χ3v) is 3.25. The zero-order chi connectivity index (χ0) is 9.80. The number of piperidine rings is 1. The van der Waals surface area contributed by atoms with Crippen LogP contribution in [0.25, 0.3) is 0 Å². The normalized spacial score (nSPS) is 25.5. The van der Waals surface area contributed by atoms with Gasteiger partial charge in [-0.2, -0.15) is 0 Å². The minimum Gasteiger partial charge on any atom is -0.383 e. The third-order valence-electron chi connectivity index (χ3n) is 3.25. The van der Waals surface area contributed by atoms with Crippen LogP contribution in [0.15, 0.2) is 0 Å². The molecule has 1 saturated heterocycles. The van der Waals surface area contributed by atoms with E-state index in [1.165, 1.54) is 38.8 Å². The zero-order valence-corrected chi connectivity index (χ0v) is 9.17. The van der Waals surface area contributed by atoms with Crippen molar-refractivity contribution < 1.29 is 4.74 Å². The first-order chi connectivity index (χ1) is 6.88. The molecule has 0 atom stereocenters. The fourth-order valence-corrected chi connectivity index (χ4v) is 2.13. The molecule has 0 spiro atoms. The molecule has 0 aromatic rings. The Morgan fingerprint density at radius 1 is 1.14 bits per heavy atom. The van der Waals surface area contributed by atoms with Crippen molar-refractivity contribution in [2.24, 2.45) is 0 Å². The minimum atomic E-state index is 0.793. The van der Waals surface area contributed by atoms with Crippen LogP contribution in [0, 0.1) is 0 Å². The highest BCUT2D eigenvalue weighted by atomic mass is 16.5. The van der Waals surface area contributed by atoms with E-state index in [4.69, 9.17) is 4.74 Å². The molecular weight excluding hydrogens is 176 g/mol. The molecule has 0 aromatic carbocycles. The molecule has 1 saturated carbocycles. The lowest BCUT2D eigenvalue weighted by Crippen LogP contribution is -2.44. The predicted molar refractivity (Wildman–Crippen MR) is 57.5 cm³/mol. The zero-order valence-electron chi connectivity index (χ0n) is 9.17. The summed E-state index contributed by atoms with van der Waals surface area (Å²) in [5, 5.41) is 3.71. The maximum absolute atomic E-state index is 5.09. The summed E-state index contributed by atoms with van der Waals surface area (Å²) >= 11 is 0. The molecule has 2 rings (SSSR count). The molecule has 1 N–H and O–H groups in total. The molecule has 2 fully saturated rings. The summed E-state index contributed by atoms with van der Waals surface area (Å²) in [5.74, 6) is 0. The van der Waals surface area contributed by atoms with E-state index >= 15 is 0 Å². The van der Waals surface area contributed by atoms with Gasteiger partial charge in [0.1, 0.15) is 0 Å². The molecule has 2 aliphatic rings. The van der Waals surface area contributed by atoms with E-state index in [0.717, 1.165) is 25.2 Å². The van der Waals surface area contributed by atoms with Gasteiger partial charge in [-0.15, -0.1) is 0 Å². The van der Waals surface area contributed by atoms with Crippen LogP contribution < -0.4 is 5.32 Å². The second-order valence-electron chi connectivity index (χ2n) is 4.55. The monoisotopic (exact) mass is 198 g/mol. The van der Waals surface area contributed by atoms with Crippen LogP contribution in [0.1, 0.15) is 25.7 Å². The Morgan fingerprint density at radius 2 is 1.79 bits per heavy atom. The molecular formula is C11H22N2O. The third kappa shape index (κ3) is 3.23. The van der Waals surface area contributed by atoms with Gasteiger partial charge in [-0.25, -0.2) is 0 Å². The molecule has 0 radical (unpaired) electrons. The molecule has 0 aromatic heterocycles. The Bertz CT molecular complexity index is 163. The Morgan fingerprint density at radius 3 is 2.36 bits per heavy atom. The topological polar surface area (TPSA) is 24.5 Å². The fraction of sp³-hybridized carbons (Fsp3) is 1.00. The summed E-state index contributed by atoms with van der Waals surface area (Å²) in [6.07, 6.45) is 5.45. The lowest BCUT2D eigenvalue weighted by molar-refractivity contribution is 0.126. The van der Waals surface area contributed by atoms with E-state index in [-0.39, 0.29) is 0 Å². The van der Waals surface area contributed by atoms with Gasteiger partial charge in [-0.3, -0.25) is 0 Å². The molecule has 1 aliphatic carbocycles. The summed E-state index contributed by atoms with van der Waals surface area (Å²) in [5.41, 5.74) is 0. The molecule has 14 heavy (non-hydrogen) atoms. The van der Waals surface area contributed by atoms with E-state index in [1.807, 2.05) is 0 Å². The van der Waals surface area contributed by atoms with Crippen molar-refractivity contribution in [3.8, 4) is 0 Å².